The second-order valence-corrected chi connectivity index (χ2v) is 9.32. The van der Waals surface area contributed by atoms with Gasteiger partial charge < -0.3 is 19.5 Å². The Balaban J connectivity index is 2.55. The Morgan fingerprint density at radius 2 is 1.92 bits per heavy atom. The zero-order valence-electron chi connectivity index (χ0n) is 16.5. The van der Waals surface area contributed by atoms with Crippen LogP contribution in [-0.2, 0) is 24.2 Å². The minimum absolute atomic E-state index is 0.0313. The lowest BCUT2D eigenvalue weighted by atomic mass is 9.84. The number of carbonyl (C=O) groups is 1. The van der Waals surface area contributed by atoms with Gasteiger partial charge in [0.15, 0.2) is 0 Å². The number of rotatable bonds is 10. The Labute approximate surface area is 157 Å². The van der Waals surface area contributed by atoms with Crippen molar-refractivity contribution in [2.24, 2.45) is 5.41 Å². The molecule has 0 aromatic rings. The molecule has 0 aromatic heterocycles. The van der Waals surface area contributed by atoms with E-state index in [0.717, 1.165) is 38.6 Å². The van der Waals surface area contributed by atoms with Crippen molar-refractivity contribution in [2.45, 2.75) is 65.3 Å². The van der Waals surface area contributed by atoms with E-state index in [0.29, 0.717) is 0 Å². The van der Waals surface area contributed by atoms with Crippen LogP contribution in [0.2, 0.25) is 0 Å². The molecule has 2 atom stereocenters. The maximum absolute atomic E-state index is 11.9. The number of carbonyl (C=O) groups excluding carboxylic acids is 1. The van der Waals surface area contributed by atoms with Crippen LogP contribution in [0.4, 0.5) is 4.79 Å². The number of nitrogens with one attached hydrogen (secondary N) is 2. The molecule has 1 rings (SSSR count). The van der Waals surface area contributed by atoms with Crippen LogP contribution in [0.3, 0.4) is 0 Å². The summed E-state index contributed by atoms with van der Waals surface area (Å²) in [4.78, 5) is 11.9. The summed E-state index contributed by atoms with van der Waals surface area (Å²) >= 11 is 0. The quantitative estimate of drug-likeness (QED) is 0.543. The normalized spacial score (nSPS) is 19.0. The highest BCUT2D eigenvalue weighted by Crippen LogP contribution is 2.27. The molecule has 0 amide bonds. The second-order valence-electron chi connectivity index (χ2n) is 7.49. The first kappa shape index (κ1) is 23.1. The highest BCUT2D eigenvalue weighted by molar-refractivity contribution is 7.88. The Hall–Kier alpha value is -0.900. The molecule has 1 aliphatic rings. The average Bonchev–Trinajstić information content (AvgIpc) is 2.57. The van der Waals surface area contributed by atoms with E-state index in [2.05, 4.69) is 30.8 Å². The molecule has 154 valence electrons. The molecular weight excluding hydrogens is 360 g/mol. The summed E-state index contributed by atoms with van der Waals surface area (Å²) < 4.78 is 41.6. The van der Waals surface area contributed by atoms with Gasteiger partial charge in [-0.3, -0.25) is 0 Å². The van der Waals surface area contributed by atoms with E-state index in [-0.39, 0.29) is 30.8 Å². The lowest BCUT2D eigenvalue weighted by Crippen LogP contribution is -2.41. The summed E-state index contributed by atoms with van der Waals surface area (Å²) in [6, 6.07) is 0. The van der Waals surface area contributed by atoms with Crippen LogP contribution in [0, 0.1) is 5.41 Å². The maximum atomic E-state index is 11.9. The van der Waals surface area contributed by atoms with Crippen molar-refractivity contribution < 1.29 is 27.4 Å². The zero-order chi connectivity index (χ0) is 19.8. The van der Waals surface area contributed by atoms with E-state index >= 15 is 0 Å². The van der Waals surface area contributed by atoms with Crippen LogP contribution >= 0.6 is 0 Å². The van der Waals surface area contributed by atoms with E-state index in [1.54, 1.807) is 0 Å². The summed E-state index contributed by atoms with van der Waals surface area (Å²) in [5.41, 5.74) is -0.0844. The van der Waals surface area contributed by atoms with E-state index in [9.17, 15) is 13.2 Å². The molecular formula is C17H34N2O6S. The van der Waals surface area contributed by atoms with E-state index in [4.69, 9.17) is 14.2 Å². The molecule has 1 fully saturated rings. The van der Waals surface area contributed by atoms with Crippen LogP contribution in [0.15, 0.2) is 0 Å². The van der Waals surface area contributed by atoms with Crippen molar-refractivity contribution in [1.82, 2.24) is 10.0 Å². The Morgan fingerprint density at radius 1 is 1.31 bits per heavy atom. The SMILES string of the molecule is CCC(C)(C)[C@H](C)O[C@@H](CNS(C)(=O)=O)COC(=O)OC1CCNCC1. The van der Waals surface area contributed by atoms with Gasteiger partial charge in [-0.15, -0.1) is 0 Å². The van der Waals surface area contributed by atoms with Gasteiger partial charge in [-0.1, -0.05) is 20.8 Å². The number of hydrogen-bond acceptors (Lipinski definition) is 7. The fourth-order valence-corrected chi connectivity index (χ4v) is 2.88. The molecule has 0 saturated carbocycles. The van der Waals surface area contributed by atoms with Crippen LogP contribution in [-0.4, -0.2) is 65.4 Å². The predicted molar refractivity (Wildman–Crippen MR) is 99.6 cm³/mol. The van der Waals surface area contributed by atoms with Gasteiger partial charge >= 0.3 is 6.16 Å². The molecule has 8 nitrogen and oxygen atoms in total. The number of sulfonamides is 1. The third-order valence-electron chi connectivity index (χ3n) is 4.92. The minimum atomic E-state index is -3.37. The monoisotopic (exact) mass is 394 g/mol. The van der Waals surface area contributed by atoms with Gasteiger partial charge in [-0.25, -0.2) is 17.9 Å². The van der Waals surface area contributed by atoms with E-state index < -0.39 is 22.3 Å². The number of hydrogen-bond donors (Lipinski definition) is 2. The molecule has 2 N–H and O–H groups in total. The van der Waals surface area contributed by atoms with Gasteiger partial charge in [-0.05, 0) is 44.7 Å². The van der Waals surface area contributed by atoms with Gasteiger partial charge in [0.05, 0.1) is 12.4 Å². The molecule has 0 bridgehead atoms. The summed E-state index contributed by atoms with van der Waals surface area (Å²) in [7, 11) is -3.37. The molecule has 0 spiro atoms. The summed E-state index contributed by atoms with van der Waals surface area (Å²) in [6.07, 6.45) is 1.88. The number of piperidine rings is 1. The summed E-state index contributed by atoms with van der Waals surface area (Å²) in [5.74, 6) is 0. The molecule has 0 unspecified atom stereocenters. The first-order valence-corrected chi connectivity index (χ1v) is 11.1. The maximum Gasteiger partial charge on any atom is 0.508 e. The van der Waals surface area contributed by atoms with Gasteiger partial charge in [0.25, 0.3) is 0 Å². The average molecular weight is 395 g/mol. The third-order valence-corrected chi connectivity index (χ3v) is 5.61. The second kappa shape index (κ2) is 10.4. The van der Waals surface area contributed by atoms with Gasteiger partial charge in [0.2, 0.25) is 10.0 Å². The molecule has 1 saturated heterocycles. The van der Waals surface area contributed by atoms with Crippen LogP contribution in [0.25, 0.3) is 0 Å². The molecule has 9 heteroatoms. The smallest absolute Gasteiger partial charge is 0.431 e. The molecule has 1 aliphatic heterocycles. The van der Waals surface area contributed by atoms with Crippen LogP contribution in [0.5, 0.6) is 0 Å². The highest BCUT2D eigenvalue weighted by atomic mass is 32.2. The van der Waals surface area contributed by atoms with Crippen molar-refractivity contribution in [3.63, 3.8) is 0 Å². The first-order chi connectivity index (χ1) is 12.0. The van der Waals surface area contributed by atoms with Gasteiger partial charge in [0, 0.05) is 6.54 Å². The molecule has 1 heterocycles. The fraction of sp³-hybridized carbons (Fsp3) is 0.941. The summed E-state index contributed by atoms with van der Waals surface area (Å²) in [5, 5.41) is 3.19. The first-order valence-electron chi connectivity index (χ1n) is 9.17. The van der Waals surface area contributed by atoms with E-state index in [1.807, 2.05) is 6.92 Å². The Morgan fingerprint density at radius 3 is 2.46 bits per heavy atom. The summed E-state index contributed by atoms with van der Waals surface area (Å²) in [6.45, 7) is 9.73. The molecule has 26 heavy (non-hydrogen) atoms. The van der Waals surface area contributed by atoms with Crippen molar-refractivity contribution in [3.05, 3.63) is 0 Å². The zero-order valence-corrected chi connectivity index (χ0v) is 17.4. The molecule has 0 radical (unpaired) electrons. The van der Waals surface area contributed by atoms with Gasteiger partial charge in [0.1, 0.15) is 18.8 Å². The Kier molecular flexibility index (Phi) is 9.29. The molecule has 0 aliphatic carbocycles. The van der Waals surface area contributed by atoms with Gasteiger partial charge in [-0.2, -0.15) is 0 Å². The van der Waals surface area contributed by atoms with E-state index in [1.165, 1.54) is 0 Å². The lowest BCUT2D eigenvalue weighted by Gasteiger charge is -2.33. The van der Waals surface area contributed by atoms with Crippen molar-refractivity contribution in [1.29, 1.82) is 0 Å². The van der Waals surface area contributed by atoms with Crippen molar-refractivity contribution in [2.75, 3.05) is 32.5 Å². The topological polar surface area (TPSA) is 103 Å². The predicted octanol–water partition coefficient (Wildman–Crippen LogP) is 1.65. The highest BCUT2D eigenvalue weighted by Gasteiger charge is 2.28. The van der Waals surface area contributed by atoms with Crippen LogP contribution in [0.1, 0.15) is 47.0 Å². The van der Waals surface area contributed by atoms with Crippen molar-refractivity contribution >= 4 is 16.2 Å². The Bertz CT molecular complexity index is 531. The third kappa shape index (κ3) is 9.16. The largest absolute Gasteiger partial charge is 0.508 e. The van der Waals surface area contributed by atoms with Crippen molar-refractivity contribution in [3.8, 4) is 0 Å². The van der Waals surface area contributed by atoms with Crippen LogP contribution < -0.4 is 10.0 Å². The molecule has 0 aromatic carbocycles. The minimum Gasteiger partial charge on any atom is -0.431 e. The fourth-order valence-electron chi connectivity index (χ4n) is 2.40. The standard InChI is InChI=1S/C17H34N2O6S/c1-6-17(3,4)13(2)24-15(11-19-26(5,21)22)12-23-16(20)25-14-7-9-18-10-8-14/h13-15,18-19H,6-12H2,1-5H3/t13-,15-/m0/s1. The number of ether oxygens (including phenoxy) is 3. The lowest BCUT2D eigenvalue weighted by molar-refractivity contribution is -0.0876.